The van der Waals surface area contributed by atoms with Crippen molar-refractivity contribution in [3.05, 3.63) is 58.7 Å². The molecule has 2 aliphatic rings. The lowest BCUT2D eigenvalue weighted by Crippen LogP contribution is -2.38. The van der Waals surface area contributed by atoms with Gasteiger partial charge in [0, 0.05) is 24.0 Å². The topological polar surface area (TPSA) is 66.5 Å². The summed E-state index contributed by atoms with van der Waals surface area (Å²) in [6.45, 7) is 5.52. The first-order chi connectivity index (χ1) is 15.8. The van der Waals surface area contributed by atoms with Crippen LogP contribution < -0.4 is 4.72 Å². The van der Waals surface area contributed by atoms with Gasteiger partial charge < -0.3 is 4.90 Å². The van der Waals surface area contributed by atoms with Crippen LogP contribution in [-0.2, 0) is 22.9 Å². The Labute approximate surface area is 202 Å². The molecule has 1 saturated heterocycles. The number of benzene rings is 2. The average Bonchev–Trinajstić information content (AvgIpc) is 2.83. The number of hydrogen-bond acceptors (Lipinski definition) is 4. The summed E-state index contributed by atoms with van der Waals surface area (Å²) in [5, 5.41) is 0. The van der Waals surface area contributed by atoms with Crippen LogP contribution in [0.4, 0.5) is 0 Å². The molecule has 0 unspecified atom stereocenters. The van der Waals surface area contributed by atoms with Crippen molar-refractivity contribution in [1.82, 2.24) is 9.62 Å². The summed E-state index contributed by atoms with van der Waals surface area (Å²) in [7, 11) is -3.78. The molecular weight excluding hydrogens is 452 g/mol. The van der Waals surface area contributed by atoms with Crippen molar-refractivity contribution in [2.45, 2.75) is 68.2 Å². The van der Waals surface area contributed by atoms with Crippen molar-refractivity contribution in [3.63, 3.8) is 0 Å². The highest BCUT2D eigenvalue weighted by Crippen LogP contribution is 2.29. The number of carbonyl (C=O) groups is 1. The van der Waals surface area contributed by atoms with Gasteiger partial charge in [0.05, 0.1) is 10.5 Å². The van der Waals surface area contributed by atoms with Crippen molar-refractivity contribution in [1.29, 1.82) is 0 Å². The molecule has 0 bridgehead atoms. The number of fused-ring (bicyclic) bond motifs is 1. The van der Waals surface area contributed by atoms with Crippen molar-refractivity contribution in [2.75, 3.05) is 19.3 Å². The van der Waals surface area contributed by atoms with Crippen LogP contribution in [0.15, 0.2) is 46.2 Å². The molecule has 0 radical (unpaired) electrons. The molecule has 1 aliphatic heterocycles. The van der Waals surface area contributed by atoms with E-state index in [9.17, 15) is 13.2 Å². The van der Waals surface area contributed by atoms with E-state index >= 15 is 0 Å². The quantitative estimate of drug-likeness (QED) is 0.570. The number of rotatable bonds is 6. The van der Waals surface area contributed by atoms with E-state index in [4.69, 9.17) is 0 Å². The van der Waals surface area contributed by atoms with Gasteiger partial charge in [0.1, 0.15) is 0 Å². The molecule has 2 aromatic carbocycles. The van der Waals surface area contributed by atoms with Crippen LogP contribution in [-0.4, -0.2) is 38.6 Å². The zero-order valence-electron chi connectivity index (χ0n) is 19.8. The summed E-state index contributed by atoms with van der Waals surface area (Å²) in [5.41, 5.74) is 4.15. The maximum Gasteiger partial charge on any atom is 0.255 e. The fourth-order valence-electron chi connectivity index (χ4n) is 4.79. The first kappa shape index (κ1) is 24.3. The Morgan fingerprint density at radius 2 is 1.76 bits per heavy atom. The Kier molecular flexibility index (Phi) is 7.51. The maximum absolute atomic E-state index is 13.3. The molecule has 1 atom stereocenters. The van der Waals surface area contributed by atoms with Gasteiger partial charge in [0.25, 0.3) is 5.91 Å². The van der Waals surface area contributed by atoms with E-state index in [1.54, 1.807) is 18.2 Å². The number of amides is 1. The minimum absolute atomic E-state index is 0.0777. The average molecular weight is 487 g/mol. The van der Waals surface area contributed by atoms with Gasteiger partial charge in [-0.3, -0.25) is 4.79 Å². The lowest BCUT2D eigenvalue weighted by Gasteiger charge is -2.31. The predicted molar refractivity (Wildman–Crippen MR) is 134 cm³/mol. The Balaban J connectivity index is 1.56. The molecule has 1 heterocycles. The highest BCUT2D eigenvalue weighted by molar-refractivity contribution is 7.98. The van der Waals surface area contributed by atoms with Gasteiger partial charge in [0.2, 0.25) is 10.0 Å². The highest BCUT2D eigenvalue weighted by atomic mass is 32.2. The second kappa shape index (κ2) is 10.2. The molecular formula is C26H34N2O3S2. The predicted octanol–water partition coefficient (Wildman–Crippen LogP) is 5.20. The number of likely N-dealkylation sites (tertiary alicyclic amines) is 1. The van der Waals surface area contributed by atoms with Crippen LogP contribution in [0, 0.1) is 5.92 Å². The van der Waals surface area contributed by atoms with Crippen LogP contribution in [0.5, 0.6) is 0 Å². The minimum Gasteiger partial charge on any atom is -0.339 e. The lowest BCUT2D eigenvalue weighted by molar-refractivity contribution is 0.0693. The Morgan fingerprint density at radius 3 is 2.45 bits per heavy atom. The second-order valence-corrected chi connectivity index (χ2v) is 12.0. The summed E-state index contributed by atoms with van der Waals surface area (Å²) >= 11 is 1.47. The van der Waals surface area contributed by atoms with Gasteiger partial charge in [-0.1, -0.05) is 25.1 Å². The van der Waals surface area contributed by atoms with Gasteiger partial charge >= 0.3 is 0 Å². The minimum atomic E-state index is -3.78. The number of sulfonamides is 1. The molecule has 5 nitrogen and oxygen atoms in total. The van der Waals surface area contributed by atoms with Crippen molar-refractivity contribution in [2.24, 2.45) is 5.92 Å². The van der Waals surface area contributed by atoms with E-state index in [1.165, 1.54) is 35.7 Å². The van der Waals surface area contributed by atoms with Crippen molar-refractivity contribution >= 4 is 27.7 Å². The first-order valence-corrected chi connectivity index (χ1v) is 14.6. The van der Waals surface area contributed by atoms with Gasteiger partial charge in [0.15, 0.2) is 0 Å². The summed E-state index contributed by atoms with van der Waals surface area (Å²) in [6.07, 6.45) is 8.44. The van der Waals surface area contributed by atoms with Crippen molar-refractivity contribution < 1.29 is 13.2 Å². The molecule has 1 amide bonds. The zero-order chi connectivity index (χ0) is 23.6. The van der Waals surface area contributed by atoms with E-state index in [2.05, 4.69) is 23.8 Å². The summed E-state index contributed by atoms with van der Waals surface area (Å²) in [6, 6.07) is 10.9. The summed E-state index contributed by atoms with van der Waals surface area (Å²) < 4.78 is 29.3. The SMILES string of the molecule is CSc1ccc(S(=O)(=O)N[C@H](C)c2ccc3c(c2)CCCC3)cc1C(=O)N1CCC(C)CC1. The Hall–Kier alpha value is -1.83. The number of thioether (sulfide) groups is 1. The number of aryl methyl sites for hydroxylation is 2. The number of piperidine rings is 1. The molecule has 2 aromatic rings. The fourth-order valence-corrected chi connectivity index (χ4v) is 6.62. The van der Waals surface area contributed by atoms with E-state index in [0.29, 0.717) is 11.5 Å². The van der Waals surface area contributed by atoms with E-state index in [-0.39, 0.29) is 16.8 Å². The summed E-state index contributed by atoms with van der Waals surface area (Å²) in [4.78, 5) is 16.0. The second-order valence-electron chi connectivity index (χ2n) is 9.42. The van der Waals surface area contributed by atoms with Gasteiger partial charge in [-0.25, -0.2) is 13.1 Å². The molecule has 0 saturated carbocycles. The molecule has 1 aliphatic carbocycles. The van der Waals surface area contributed by atoms with Gasteiger partial charge in [-0.15, -0.1) is 11.8 Å². The largest absolute Gasteiger partial charge is 0.339 e. The monoisotopic (exact) mass is 486 g/mol. The Morgan fingerprint density at radius 1 is 1.06 bits per heavy atom. The first-order valence-electron chi connectivity index (χ1n) is 11.9. The third-order valence-corrected chi connectivity index (χ3v) is 9.32. The molecule has 7 heteroatoms. The smallest absolute Gasteiger partial charge is 0.255 e. The highest BCUT2D eigenvalue weighted by Gasteiger charge is 2.26. The molecule has 0 aromatic heterocycles. The number of nitrogens with zero attached hydrogens (tertiary/aromatic N) is 1. The van der Waals surface area contributed by atoms with E-state index in [1.807, 2.05) is 24.1 Å². The van der Waals surface area contributed by atoms with Crippen LogP contribution in [0.25, 0.3) is 0 Å². The summed E-state index contributed by atoms with van der Waals surface area (Å²) in [5.74, 6) is 0.543. The normalized spacial score (nSPS) is 18.1. The molecule has 4 rings (SSSR count). The standard InChI is InChI=1S/C26H34N2O3S2/c1-18-12-14-28(15-13-18)26(29)24-17-23(10-11-25(24)32-3)33(30,31)27-19(2)21-9-8-20-6-4-5-7-22(20)16-21/h8-11,16-19,27H,4-7,12-15H2,1-3H3/t19-/m1/s1. The zero-order valence-corrected chi connectivity index (χ0v) is 21.4. The van der Waals surface area contributed by atoms with Crippen molar-refractivity contribution in [3.8, 4) is 0 Å². The third-order valence-electron chi connectivity index (χ3n) is 6.99. The van der Waals surface area contributed by atoms with Crippen LogP contribution in [0.3, 0.4) is 0 Å². The number of nitrogens with one attached hydrogen (secondary N) is 1. The van der Waals surface area contributed by atoms with Crippen LogP contribution in [0.2, 0.25) is 0 Å². The molecule has 1 N–H and O–H groups in total. The number of carbonyl (C=O) groups excluding carboxylic acids is 1. The third kappa shape index (κ3) is 5.47. The molecule has 1 fully saturated rings. The van der Waals surface area contributed by atoms with Gasteiger partial charge in [-0.2, -0.15) is 0 Å². The number of hydrogen-bond donors (Lipinski definition) is 1. The Bertz CT molecular complexity index is 1120. The molecule has 0 spiro atoms. The fraction of sp³-hybridized carbons (Fsp3) is 0.500. The molecule has 33 heavy (non-hydrogen) atoms. The van der Waals surface area contributed by atoms with Crippen LogP contribution in [0.1, 0.15) is 72.6 Å². The van der Waals surface area contributed by atoms with E-state index in [0.717, 1.165) is 49.2 Å². The lowest BCUT2D eigenvalue weighted by atomic mass is 9.89. The maximum atomic E-state index is 13.3. The van der Waals surface area contributed by atoms with Crippen LogP contribution >= 0.6 is 11.8 Å². The molecule has 178 valence electrons. The van der Waals surface area contributed by atoms with E-state index < -0.39 is 10.0 Å². The van der Waals surface area contributed by atoms with Gasteiger partial charge in [-0.05, 0) is 92.5 Å².